The highest BCUT2D eigenvalue weighted by Crippen LogP contribution is 2.44. The number of rotatable bonds is 6. The Morgan fingerprint density at radius 2 is 1.59 bits per heavy atom. The van der Waals surface area contributed by atoms with Crippen molar-refractivity contribution in [1.82, 2.24) is 0 Å². The van der Waals surface area contributed by atoms with Gasteiger partial charge < -0.3 is 0 Å². The average molecular weight is 232 g/mol. The molecule has 0 aromatic carbocycles. The van der Waals surface area contributed by atoms with E-state index in [0.717, 1.165) is 0 Å². The van der Waals surface area contributed by atoms with E-state index in [2.05, 4.69) is 13.8 Å². The molecule has 0 nitrogen and oxygen atoms in total. The summed E-state index contributed by atoms with van der Waals surface area (Å²) in [5.74, 6) is 0. The third-order valence-corrected chi connectivity index (χ3v) is 4.41. The number of hydrogen-bond donors (Lipinski definition) is 0. The maximum absolute atomic E-state index is 2.32. The number of unbranched alkanes of at least 4 members (excludes halogenated alkanes) is 2. The first-order valence-electron chi connectivity index (χ1n) is 7.79. The minimum Gasteiger partial charge on any atom is -0.0654 e. The Morgan fingerprint density at radius 1 is 0.882 bits per heavy atom. The molecule has 0 unspecified atom stereocenters. The number of allylic oxidation sites excluding steroid dienone is 4. The standard InChI is InChI=1S/C17H28/c1-3-5-9-14-13-15-10-7-8-12-17(15)16(14)11-6-4-2/h3-13H2,1-2H3. The van der Waals surface area contributed by atoms with Crippen LogP contribution in [0.15, 0.2) is 22.3 Å². The van der Waals surface area contributed by atoms with Crippen molar-refractivity contribution in [3.05, 3.63) is 22.3 Å². The highest BCUT2D eigenvalue weighted by atomic mass is 14.3. The van der Waals surface area contributed by atoms with Crippen LogP contribution in [0.1, 0.15) is 84.5 Å². The Morgan fingerprint density at radius 3 is 2.35 bits per heavy atom. The van der Waals surface area contributed by atoms with E-state index in [1.807, 2.05) is 22.3 Å². The van der Waals surface area contributed by atoms with E-state index in [9.17, 15) is 0 Å². The monoisotopic (exact) mass is 232 g/mol. The lowest BCUT2D eigenvalue weighted by Crippen LogP contribution is -1.97. The highest BCUT2D eigenvalue weighted by molar-refractivity contribution is 5.48. The lowest BCUT2D eigenvalue weighted by Gasteiger charge is -2.16. The minimum absolute atomic E-state index is 1.34. The molecule has 0 amide bonds. The van der Waals surface area contributed by atoms with E-state index in [1.54, 1.807) is 0 Å². The molecule has 0 N–H and O–H groups in total. The molecule has 0 radical (unpaired) electrons. The Labute approximate surface area is 107 Å². The zero-order valence-corrected chi connectivity index (χ0v) is 11.8. The van der Waals surface area contributed by atoms with Gasteiger partial charge in [-0.3, -0.25) is 0 Å². The lowest BCUT2D eigenvalue weighted by molar-refractivity contribution is 0.668. The van der Waals surface area contributed by atoms with Gasteiger partial charge in [0.05, 0.1) is 0 Å². The van der Waals surface area contributed by atoms with Crippen LogP contribution < -0.4 is 0 Å². The van der Waals surface area contributed by atoms with E-state index in [1.165, 1.54) is 70.6 Å². The fraction of sp³-hybridized carbons (Fsp3) is 0.765. The normalized spacial score (nSPS) is 20.1. The van der Waals surface area contributed by atoms with E-state index in [0.29, 0.717) is 0 Å². The Balaban J connectivity index is 2.09. The SMILES string of the molecule is CCCCC1=C(CCCC)C2=C(CCCC2)C1. The molecule has 0 aromatic heterocycles. The largest absolute Gasteiger partial charge is 0.0654 e. The van der Waals surface area contributed by atoms with Gasteiger partial charge in [-0.1, -0.05) is 37.8 Å². The van der Waals surface area contributed by atoms with Crippen molar-refractivity contribution in [3.63, 3.8) is 0 Å². The Hall–Kier alpha value is -0.520. The second-order valence-corrected chi connectivity index (χ2v) is 5.76. The van der Waals surface area contributed by atoms with E-state index in [4.69, 9.17) is 0 Å². The van der Waals surface area contributed by atoms with Crippen molar-refractivity contribution in [1.29, 1.82) is 0 Å². The van der Waals surface area contributed by atoms with Crippen LogP contribution in [-0.4, -0.2) is 0 Å². The second kappa shape index (κ2) is 6.42. The molecular formula is C17H28. The van der Waals surface area contributed by atoms with Crippen LogP contribution >= 0.6 is 0 Å². The molecular weight excluding hydrogens is 204 g/mol. The summed E-state index contributed by atoms with van der Waals surface area (Å²) in [5, 5.41) is 0. The average Bonchev–Trinajstić information content (AvgIpc) is 2.71. The molecule has 0 saturated carbocycles. The van der Waals surface area contributed by atoms with Crippen molar-refractivity contribution in [2.45, 2.75) is 84.5 Å². The molecule has 0 atom stereocenters. The van der Waals surface area contributed by atoms with E-state index < -0.39 is 0 Å². The highest BCUT2D eigenvalue weighted by Gasteiger charge is 2.24. The van der Waals surface area contributed by atoms with Gasteiger partial charge in [-0.2, -0.15) is 0 Å². The summed E-state index contributed by atoms with van der Waals surface area (Å²) in [6.07, 6.45) is 15.3. The summed E-state index contributed by atoms with van der Waals surface area (Å²) in [6, 6.07) is 0. The van der Waals surface area contributed by atoms with Crippen LogP contribution in [0.5, 0.6) is 0 Å². The molecule has 0 aliphatic heterocycles. The first-order chi connectivity index (χ1) is 8.36. The predicted octanol–water partition coefficient (Wildman–Crippen LogP) is 5.94. The van der Waals surface area contributed by atoms with Gasteiger partial charge in [-0.25, -0.2) is 0 Å². The van der Waals surface area contributed by atoms with Gasteiger partial charge in [0.2, 0.25) is 0 Å². The molecule has 17 heavy (non-hydrogen) atoms. The van der Waals surface area contributed by atoms with Crippen LogP contribution in [0.2, 0.25) is 0 Å². The van der Waals surface area contributed by atoms with Gasteiger partial charge in [-0.15, -0.1) is 0 Å². The molecule has 0 aromatic rings. The fourth-order valence-electron chi connectivity index (χ4n) is 3.42. The smallest absolute Gasteiger partial charge is 0.00966 e. The first kappa shape index (κ1) is 12.9. The van der Waals surface area contributed by atoms with Gasteiger partial charge >= 0.3 is 0 Å². The maximum Gasteiger partial charge on any atom is -0.00966 e. The third kappa shape index (κ3) is 3.03. The summed E-state index contributed by atoms with van der Waals surface area (Å²) in [4.78, 5) is 0. The van der Waals surface area contributed by atoms with Crippen molar-refractivity contribution < 1.29 is 0 Å². The van der Waals surface area contributed by atoms with E-state index in [-0.39, 0.29) is 0 Å². The molecule has 0 heteroatoms. The van der Waals surface area contributed by atoms with Crippen molar-refractivity contribution in [2.24, 2.45) is 0 Å². The first-order valence-corrected chi connectivity index (χ1v) is 7.79. The molecule has 0 saturated heterocycles. The van der Waals surface area contributed by atoms with Crippen LogP contribution in [-0.2, 0) is 0 Å². The summed E-state index contributed by atoms with van der Waals surface area (Å²) in [5.41, 5.74) is 7.28. The maximum atomic E-state index is 2.32. The van der Waals surface area contributed by atoms with Gasteiger partial charge in [0.1, 0.15) is 0 Å². The van der Waals surface area contributed by atoms with E-state index >= 15 is 0 Å². The van der Waals surface area contributed by atoms with Crippen molar-refractivity contribution >= 4 is 0 Å². The molecule has 2 aliphatic carbocycles. The zero-order valence-electron chi connectivity index (χ0n) is 11.8. The van der Waals surface area contributed by atoms with Crippen molar-refractivity contribution in [2.75, 3.05) is 0 Å². The summed E-state index contributed by atoms with van der Waals surface area (Å²) >= 11 is 0. The Bertz CT molecular complexity index is 317. The number of hydrogen-bond acceptors (Lipinski definition) is 0. The topological polar surface area (TPSA) is 0 Å². The third-order valence-electron chi connectivity index (χ3n) is 4.41. The molecule has 2 aliphatic rings. The summed E-state index contributed by atoms with van der Waals surface area (Å²) in [6.45, 7) is 4.63. The molecule has 96 valence electrons. The zero-order chi connectivity index (χ0) is 12.1. The van der Waals surface area contributed by atoms with Gasteiger partial charge in [0.15, 0.2) is 0 Å². The van der Waals surface area contributed by atoms with Crippen LogP contribution in [0.3, 0.4) is 0 Å². The second-order valence-electron chi connectivity index (χ2n) is 5.76. The molecule has 0 heterocycles. The van der Waals surface area contributed by atoms with Crippen LogP contribution in [0.25, 0.3) is 0 Å². The van der Waals surface area contributed by atoms with Gasteiger partial charge in [-0.05, 0) is 68.9 Å². The molecule has 0 bridgehead atoms. The molecule has 2 rings (SSSR count). The van der Waals surface area contributed by atoms with Gasteiger partial charge in [0.25, 0.3) is 0 Å². The minimum atomic E-state index is 1.34. The van der Waals surface area contributed by atoms with Crippen LogP contribution in [0.4, 0.5) is 0 Å². The summed E-state index contributed by atoms with van der Waals surface area (Å²) in [7, 11) is 0. The van der Waals surface area contributed by atoms with Gasteiger partial charge in [0, 0.05) is 0 Å². The lowest BCUT2D eigenvalue weighted by atomic mass is 9.89. The predicted molar refractivity (Wildman–Crippen MR) is 76.2 cm³/mol. The molecule has 0 spiro atoms. The Kier molecular flexibility index (Phi) is 4.88. The van der Waals surface area contributed by atoms with Crippen LogP contribution in [0, 0.1) is 0 Å². The fourth-order valence-corrected chi connectivity index (χ4v) is 3.42. The summed E-state index contributed by atoms with van der Waals surface area (Å²) < 4.78 is 0. The van der Waals surface area contributed by atoms with Crippen molar-refractivity contribution in [3.8, 4) is 0 Å². The molecule has 0 fully saturated rings. The quantitative estimate of drug-likeness (QED) is 0.532.